The third-order valence-electron chi connectivity index (χ3n) is 5.21. The van der Waals surface area contributed by atoms with Crippen LogP contribution in [0.5, 0.6) is 0 Å². The van der Waals surface area contributed by atoms with Crippen LogP contribution in [-0.4, -0.2) is 33.0 Å². The van der Waals surface area contributed by atoms with Crippen LogP contribution in [-0.2, 0) is 14.8 Å². The van der Waals surface area contributed by atoms with E-state index in [0.717, 1.165) is 26.2 Å². The second-order valence-corrected chi connectivity index (χ2v) is 10.7. The zero-order valence-electron chi connectivity index (χ0n) is 19.1. The summed E-state index contributed by atoms with van der Waals surface area (Å²) in [7, 11) is -3.73. The first-order chi connectivity index (χ1) is 16.1. The molecule has 34 heavy (non-hydrogen) atoms. The van der Waals surface area contributed by atoms with Crippen LogP contribution in [0.2, 0.25) is 0 Å². The lowest BCUT2D eigenvalue weighted by Crippen LogP contribution is -2.38. The van der Waals surface area contributed by atoms with Gasteiger partial charge in [-0.05, 0) is 55.3 Å². The summed E-state index contributed by atoms with van der Waals surface area (Å²) in [5.41, 5.74) is 2.74. The minimum atomic E-state index is -3.73. The Kier molecular flexibility index (Phi) is 8.11. The van der Waals surface area contributed by atoms with Crippen molar-refractivity contribution in [1.29, 1.82) is 0 Å². The van der Waals surface area contributed by atoms with E-state index in [4.69, 9.17) is 0 Å². The second kappa shape index (κ2) is 10.8. The second-order valence-electron chi connectivity index (χ2n) is 7.90. The van der Waals surface area contributed by atoms with E-state index in [1.54, 1.807) is 42.5 Å². The topological polar surface area (TPSA) is 95.6 Å². The molecule has 9 heteroatoms. The molecule has 0 bridgehead atoms. The van der Waals surface area contributed by atoms with Gasteiger partial charge in [0.2, 0.25) is 15.9 Å². The van der Waals surface area contributed by atoms with Crippen molar-refractivity contribution >= 4 is 49.1 Å². The molecule has 0 heterocycles. The van der Waals surface area contributed by atoms with E-state index in [1.807, 2.05) is 44.2 Å². The van der Waals surface area contributed by atoms with E-state index in [9.17, 15) is 18.0 Å². The summed E-state index contributed by atoms with van der Waals surface area (Å²) in [6.07, 6.45) is 1.05. The van der Waals surface area contributed by atoms with Gasteiger partial charge >= 0.3 is 0 Å². The molecule has 3 aromatic rings. The van der Waals surface area contributed by atoms with E-state index >= 15 is 0 Å². The number of aryl methyl sites for hydroxylation is 1. The van der Waals surface area contributed by atoms with Crippen molar-refractivity contribution in [3.63, 3.8) is 0 Å². The molecule has 3 aromatic carbocycles. The lowest BCUT2D eigenvalue weighted by molar-refractivity contribution is -0.114. The number of benzene rings is 3. The molecule has 2 amide bonds. The summed E-state index contributed by atoms with van der Waals surface area (Å²) in [5, 5.41) is 5.62. The molecule has 0 spiro atoms. The summed E-state index contributed by atoms with van der Waals surface area (Å²) < 4.78 is 26.7. The molecule has 0 saturated heterocycles. The van der Waals surface area contributed by atoms with E-state index < -0.39 is 22.5 Å². The maximum absolute atomic E-state index is 12.9. The van der Waals surface area contributed by atoms with Crippen LogP contribution in [0.25, 0.3) is 0 Å². The van der Waals surface area contributed by atoms with Crippen molar-refractivity contribution in [2.45, 2.75) is 19.9 Å². The molecule has 0 aliphatic heterocycles. The lowest BCUT2D eigenvalue weighted by Gasteiger charge is -2.23. The summed E-state index contributed by atoms with van der Waals surface area (Å²) >= 11 is 3.39. The number of para-hydroxylation sites is 1. The van der Waals surface area contributed by atoms with Crippen molar-refractivity contribution in [3.05, 3.63) is 94.0 Å². The normalized spacial score (nSPS) is 12.0. The summed E-state index contributed by atoms with van der Waals surface area (Å²) in [6, 6.07) is 20.9. The Morgan fingerprint density at radius 2 is 1.65 bits per heavy atom. The molecule has 1 atom stereocenters. The number of hydrogen-bond donors (Lipinski definition) is 2. The fourth-order valence-corrected chi connectivity index (χ4v) is 4.49. The summed E-state index contributed by atoms with van der Waals surface area (Å²) in [5.74, 6) is -0.918. The van der Waals surface area contributed by atoms with Crippen molar-refractivity contribution in [2.75, 3.05) is 22.4 Å². The van der Waals surface area contributed by atoms with Gasteiger partial charge in [-0.3, -0.25) is 13.9 Å². The highest BCUT2D eigenvalue weighted by Gasteiger charge is 2.23. The smallest absolute Gasteiger partial charge is 0.253 e. The van der Waals surface area contributed by atoms with Gasteiger partial charge in [0, 0.05) is 4.47 Å². The number of rotatable bonds is 8. The third-order valence-corrected chi connectivity index (χ3v) is 7.24. The molecule has 1 unspecified atom stereocenters. The van der Waals surface area contributed by atoms with Gasteiger partial charge < -0.3 is 10.6 Å². The maximum atomic E-state index is 12.9. The van der Waals surface area contributed by atoms with Gasteiger partial charge in [-0.2, -0.15) is 0 Å². The Morgan fingerprint density at radius 3 is 2.29 bits per heavy atom. The molecule has 0 fully saturated rings. The number of nitrogens with one attached hydrogen (secondary N) is 2. The van der Waals surface area contributed by atoms with Gasteiger partial charge in [-0.1, -0.05) is 58.4 Å². The van der Waals surface area contributed by atoms with Gasteiger partial charge in [0.1, 0.15) is 6.54 Å². The third kappa shape index (κ3) is 6.45. The maximum Gasteiger partial charge on any atom is 0.253 e. The highest BCUT2D eigenvalue weighted by atomic mass is 79.9. The number of nitrogens with zero attached hydrogens (tertiary/aromatic N) is 1. The number of carbonyl (C=O) groups is 2. The first-order valence-corrected chi connectivity index (χ1v) is 13.2. The fraction of sp³-hybridized carbons (Fsp3) is 0.200. The minimum Gasteiger partial charge on any atom is -0.345 e. The predicted octanol–water partition coefficient (Wildman–Crippen LogP) is 4.65. The first-order valence-electron chi connectivity index (χ1n) is 10.5. The monoisotopic (exact) mass is 543 g/mol. The Morgan fingerprint density at radius 1 is 1.00 bits per heavy atom. The number of anilines is 2. The van der Waals surface area contributed by atoms with Gasteiger partial charge in [-0.15, -0.1) is 0 Å². The van der Waals surface area contributed by atoms with Gasteiger partial charge in [0.25, 0.3) is 5.91 Å². The number of sulfonamides is 1. The molecule has 7 nitrogen and oxygen atoms in total. The quantitative estimate of drug-likeness (QED) is 0.432. The van der Waals surface area contributed by atoms with Crippen molar-refractivity contribution in [3.8, 4) is 0 Å². The van der Waals surface area contributed by atoms with Gasteiger partial charge in [0.15, 0.2) is 0 Å². The van der Waals surface area contributed by atoms with E-state index in [1.165, 1.54) is 0 Å². The first kappa shape index (κ1) is 25.5. The zero-order valence-corrected chi connectivity index (χ0v) is 21.5. The number of halogens is 1. The van der Waals surface area contributed by atoms with Crippen LogP contribution < -0.4 is 14.9 Å². The van der Waals surface area contributed by atoms with Crippen LogP contribution in [0.4, 0.5) is 11.4 Å². The Balaban J connectivity index is 1.78. The summed E-state index contributed by atoms with van der Waals surface area (Å²) in [4.78, 5) is 25.8. The van der Waals surface area contributed by atoms with E-state index in [0.29, 0.717) is 11.4 Å². The SMILES string of the molecule is Cc1cc(N(CC(=O)Nc2ccccc2C(=O)NC(C)c2ccccc2)S(C)(=O)=O)ccc1Br. The minimum absolute atomic E-state index is 0.237. The Bertz CT molecular complexity index is 1300. The summed E-state index contributed by atoms with van der Waals surface area (Å²) in [6.45, 7) is 3.27. The largest absolute Gasteiger partial charge is 0.345 e. The standard InChI is InChI=1S/C25H26BrN3O4S/c1-17-15-20(13-14-22(17)26)29(34(3,32)33)16-24(30)28-23-12-8-7-11-21(23)25(31)27-18(2)19-9-5-4-6-10-19/h4-15,18H,16H2,1-3H3,(H,27,31)(H,28,30). The fourth-order valence-electron chi connectivity index (χ4n) is 3.39. The van der Waals surface area contributed by atoms with Crippen molar-refractivity contribution < 1.29 is 18.0 Å². The number of amides is 2. The van der Waals surface area contributed by atoms with Crippen LogP contribution >= 0.6 is 15.9 Å². The molecule has 0 saturated carbocycles. The predicted molar refractivity (Wildman–Crippen MR) is 138 cm³/mol. The van der Waals surface area contributed by atoms with Crippen LogP contribution in [0, 0.1) is 6.92 Å². The molecule has 2 N–H and O–H groups in total. The van der Waals surface area contributed by atoms with Crippen LogP contribution in [0.1, 0.15) is 34.5 Å². The van der Waals surface area contributed by atoms with E-state index in [-0.39, 0.29) is 17.5 Å². The highest BCUT2D eigenvalue weighted by molar-refractivity contribution is 9.10. The number of hydrogen-bond acceptors (Lipinski definition) is 4. The molecule has 0 aliphatic rings. The van der Waals surface area contributed by atoms with Crippen molar-refractivity contribution in [1.82, 2.24) is 5.32 Å². The van der Waals surface area contributed by atoms with Gasteiger partial charge in [-0.25, -0.2) is 8.42 Å². The molecular weight excluding hydrogens is 518 g/mol. The van der Waals surface area contributed by atoms with Crippen LogP contribution in [0.15, 0.2) is 77.3 Å². The average Bonchev–Trinajstić information content (AvgIpc) is 2.79. The lowest BCUT2D eigenvalue weighted by atomic mass is 10.1. The van der Waals surface area contributed by atoms with E-state index in [2.05, 4.69) is 26.6 Å². The Hall–Kier alpha value is -3.17. The zero-order chi connectivity index (χ0) is 24.9. The molecule has 0 aliphatic carbocycles. The average molecular weight is 544 g/mol. The van der Waals surface area contributed by atoms with Crippen LogP contribution in [0.3, 0.4) is 0 Å². The molecule has 178 valence electrons. The number of carbonyl (C=O) groups excluding carboxylic acids is 2. The molecule has 0 radical (unpaired) electrons. The van der Waals surface area contributed by atoms with Gasteiger partial charge in [0.05, 0.1) is 29.2 Å². The highest BCUT2D eigenvalue weighted by Crippen LogP contribution is 2.25. The Labute approximate surface area is 208 Å². The molecular formula is C25H26BrN3O4S. The van der Waals surface area contributed by atoms with Crippen molar-refractivity contribution in [2.24, 2.45) is 0 Å². The molecule has 3 rings (SSSR count). The molecule has 0 aromatic heterocycles.